The minimum absolute atomic E-state index is 0.231. The van der Waals surface area contributed by atoms with Crippen molar-refractivity contribution in [1.82, 2.24) is 19.9 Å². The molecule has 166 valence electrons. The Morgan fingerprint density at radius 3 is 2.75 bits per heavy atom. The van der Waals surface area contributed by atoms with Crippen molar-refractivity contribution < 1.29 is 19.1 Å². The fourth-order valence-corrected chi connectivity index (χ4v) is 3.85. The third kappa shape index (κ3) is 4.46. The number of aryl methyl sites for hydroxylation is 3. The summed E-state index contributed by atoms with van der Waals surface area (Å²) in [5.74, 6) is -0.334. The summed E-state index contributed by atoms with van der Waals surface area (Å²) in [5, 5.41) is 5.33. The van der Waals surface area contributed by atoms with Gasteiger partial charge in [0.1, 0.15) is 17.9 Å². The fourth-order valence-electron chi connectivity index (χ4n) is 3.85. The van der Waals surface area contributed by atoms with Gasteiger partial charge >= 0.3 is 5.97 Å². The molecule has 1 aromatic carbocycles. The number of methoxy groups -OCH3 is 1. The maximum absolute atomic E-state index is 13.1. The van der Waals surface area contributed by atoms with Crippen molar-refractivity contribution in [2.45, 2.75) is 39.2 Å². The van der Waals surface area contributed by atoms with Crippen LogP contribution in [0.5, 0.6) is 0 Å². The number of fused-ring (bicyclic) bond motifs is 3. The first kappa shape index (κ1) is 21.5. The quantitative estimate of drug-likeness (QED) is 0.596. The van der Waals surface area contributed by atoms with Gasteiger partial charge in [0.25, 0.3) is 11.8 Å². The van der Waals surface area contributed by atoms with E-state index in [1.807, 2.05) is 6.92 Å². The molecule has 0 unspecified atom stereocenters. The van der Waals surface area contributed by atoms with Crippen LogP contribution in [0, 0.1) is 6.92 Å². The van der Waals surface area contributed by atoms with Crippen molar-refractivity contribution in [3.05, 3.63) is 53.0 Å². The molecule has 4 rings (SSSR count). The number of rotatable bonds is 5. The van der Waals surface area contributed by atoms with E-state index in [0.29, 0.717) is 22.3 Å². The van der Waals surface area contributed by atoms with Crippen LogP contribution in [0.3, 0.4) is 0 Å². The second-order valence-electron chi connectivity index (χ2n) is 7.77. The third-order valence-electron chi connectivity index (χ3n) is 5.44. The van der Waals surface area contributed by atoms with Crippen molar-refractivity contribution in [2.24, 2.45) is 0 Å². The van der Waals surface area contributed by atoms with Gasteiger partial charge in [-0.15, -0.1) is 0 Å². The maximum atomic E-state index is 13.1. The lowest BCUT2D eigenvalue weighted by Gasteiger charge is -2.09. The zero-order chi connectivity index (χ0) is 22.7. The zero-order valence-electron chi connectivity index (χ0n) is 18.1. The van der Waals surface area contributed by atoms with Gasteiger partial charge in [-0.25, -0.2) is 9.97 Å². The van der Waals surface area contributed by atoms with Crippen molar-refractivity contribution in [3.63, 3.8) is 0 Å². The predicted octanol–water partition coefficient (Wildman–Crippen LogP) is 2.62. The molecule has 9 nitrogen and oxygen atoms in total. The number of hydrogen-bond donors (Lipinski definition) is 2. The first-order valence-corrected chi connectivity index (χ1v) is 10.6. The largest absolute Gasteiger partial charge is 0.468 e. The number of benzene rings is 1. The molecule has 0 radical (unpaired) electrons. The molecule has 3 aromatic rings. The molecule has 2 amide bonds. The first-order valence-electron chi connectivity index (χ1n) is 10.6. The molecule has 1 aliphatic heterocycles. The summed E-state index contributed by atoms with van der Waals surface area (Å²) in [6.45, 7) is 2.48. The van der Waals surface area contributed by atoms with Crippen LogP contribution < -0.4 is 10.6 Å². The number of carbonyl (C=O) groups excluding carboxylic acids is 3. The Morgan fingerprint density at radius 2 is 1.94 bits per heavy atom. The van der Waals surface area contributed by atoms with Crippen LogP contribution in [0.25, 0.3) is 11.2 Å². The van der Waals surface area contributed by atoms with E-state index in [-0.39, 0.29) is 12.5 Å². The van der Waals surface area contributed by atoms with Crippen LogP contribution in [-0.2, 0) is 22.5 Å². The lowest BCUT2D eigenvalue weighted by atomic mass is 10.1. The second kappa shape index (κ2) is 9.17. The standard InChI is InChI=1S/C23H25N5O4/c1-14-11-17(20-21(25-14)28-10-5-3-4-9-18(28)27-20)23(31)26-16-8-6-7-15(12-16)22(30)24-13-19(29)32-2/h6-8,11-12H,3-5,9-10,13H2,1-2H3,(H,24,30)(H,26,31). The van der Waals surface area contributed by atoms with E-state index in [1.54, 1.807) is 30.3 Å². The molecule has 0 bridgehead atoms. The second-order valence-corrected chi connectivity index (χ2v) is 7.77. The summed E-state index contributed by atoms with van der Waals surface area (Å²) in [4.78, 5) is 46.1. The molecule has 0 atom stereocenters. The van der Waals surface area contributed by atoms with E-state index in [4.69, 9.17) is 4.98 Å². The summed E-state index contributed by atoms with van der Waals surface area (Å²) in [5.41, 5.74) is 3.31. The number of pyridine rings is 1. The van der Waals surface area contributed by atoms with Crippen LogP contribution in [-0.4, -0.2) is 46.0 Å². The van der Waals surface area contributed by atoms with Gasteiger partial charge < -0.3 is 19.9 Å². The highest BCUT2D eigenvalue weighted by atomic mass is 16.5. The van der Waals surface area contributed by atoms with Crippen LogP contribution >= 0.6 is 0 Å². The molecule has 32 heavy (non-hydrogen) atoms. The maximum Gasteiger partial charge on any atom is 0.325 e. The lowest BCUT2D eigenvalue weighted by Crippen LogP contribution is -2.30. The van der Waals surface area contributed by atoms with Gasteiger partial charge in [0, 0.05) is 29.9 Å². The highest BCUT2D eigenvalue weighted by Crippen LogP contribution is 2.25. The van der Waals surface area contributed by atoms with Crippen molar-refractivity contribution in [2.75, 3.05) is 19.0 Å². The molecule has 1 aliphatic rings. The lowest BCUT2D eigenvalue weighted by molar-refractivity contribution is -0.139. The average Bonchev–Trinajstić information content (AvgIpc) is 2.97. The van der Waals surface area contributed by atoms with Crippen LogP contribution in [0.1, 0.15) is 51.5 Å². The number of ether oxygens (including phenoxy) is 1. The molecule has 0 saturated heterocycles. The van der Waals surface area contributed by atoms with Gasteiger partial charge in [-0.3, -0.25) is 14.4 Å². The summed E-state index contributed by atoms with van der Waals surface area (Å²) < 4.78 is 6.64. The molecule has 0 spiro atoms. The van der Waals surface area contributed by atoms with Crippen molar-refractivity contribution in [1.29, 1.82) is 0 Å². The smallest absolute Gasteiger partial charge is 0.325 e. The summed E-state index contributed by atoms with van der Waals surface area (Å²) in [7, 11) is 1.25. The van der Waals surface area contributed by atoms with Crippen molar-refractivity contribution in [3.8, 4) is 0 Å². The van der Waals surface area contributed by atoms with Gasteiger partial charge in [-0.2, -0.15) is 0 Å². The molecule has 2 aromatic heterocycles. The van der Waals surface area contributed by atoms with E-state index >= 15 is 0 Å². The zero-order valence-corrected chi connectivity index (χ0v) is 18.1. The van der Waals surface area contributed by atoms with E-state index in [2.05, 4.69) is 24.9 Å². The molecule has 2 N–H and O–H groups in total. The number of amides is 2. The summed E-state index contributed by atoms with van der Waals surface area (Å²) >= 11 is 0. The van der Waals surface area contributed by atoms with E-state index in [1.165, 1.54) is 7.11 Å². The number of aromatic nitrogens is 3. The molecule has 0 fully saturated rings. The minimum Gasteiger partial charge on any atom is -0.468 e. The Bertz CT molecular complexity index is 1200. The number of nitrogens with one attached hydrogen (secondary N) is 2. The Morgan fingerprint density at radius 1 is 1.09 bits per heavy atom. The van der Waals surface area contributed by atoms with E-state index in [0.717, 1.165) is 49.4 Å². The number of hydrogen-bond acceptors (Lipinski definition) is 6. The molecule has 0 aliphatic carbocycles. The van der Waals surface area contributed by atoms with Gasteiger partial charge in [-0.1, -0.05) is 12.5 Å². The molecular weight excluding hydrogens is 410 g/mol. The van der Waals surface area contributed by atoms with Gasteiger partial charge in [0.15, 0.2) is 5.65 Å². The van der Waals surface area contributed by atoms with Gasteiger partial charge in [-0.05, 0) is 44.0 Å². The number of nitrogens with zero attached hydrogens (tertiary/aromatic N) is 3. The topological polar surface area (TPSA) is 115 Å². The van der Waals surface area contributed by atoms with Crippen LogP contribution in [0.2, 0.25) is 0 Å². The van der Waals surface area contributed by atoms with Gasteiger partial charge in [0.2, 0.25) is 0 Å². The monoisotopic (exact) mass is 435 g/mol. The predicted molar refractivity (Wildman–Crippen MR) is 119 cm³/mol. The van der Waals surface area contributed by atoms with Crippen LogP contribution in [0.15, 0.2) is 30.3 Å². The Balaban J connectivity index is 1.58. The SMILES string of the molecule is COC(=O)CNC(=O)c1cccc(NC(=O)c2cc(C)nc3c2nc2n3CCCCC2)c1. The number of esters is 1. The summed E-state index contributed by atoms with van der Waals surface area (Å²) in [6, 6.07) is 8.25. The molecule has 0 saturated carbocycles. The molecular formula is C23H25N5O4. The van der Waals surface area contributed by atoms with E-state index < -0.39 is 11.9 Å². The minimum atomic E-state index is -0.543. The number of anilines is 1. The Hall–Kier alpha value is -3.75. The van der Waals surface area contributed by atoms with Crippen LogP contribution in [0.4, 0.5) is 5.69 Å². The molecule has 3 heterocycles. The van der Waals surface area contributed by atoms with Crippen molar-refractivity contribution >= 4 is 34.6 Å². The Labute approximate surface area is 185 Å². The highest BCUT2D eigenvalue weighted by molar-refractivity contribution is 6.11. The van der Waals surface area contributed by atoms with E-state index in [9.17, 15) is 14.4 Å². The first-order chi connectivity index (χ1) is 15.5. The molecule has 9 heteroatoms. The average molecular weight is 435 g/mol. The fraction of sp³-hybridized carbons (Fsp3) is 0.348. The number of carbonyl (C=O) groups is 3. The highest BCUT2D eigenvalue weighted by Gasteiger charge is 2.21. The number of imidazole rings is 1. The normalized spacial score (nSPS) is 13.2. The summed E-state index contributed by atoms with van der Waals surface area (Å²) in [6.07, 6.45) is 4.18. The Kier molecular flexibility index (Phi) is 6.16. The third-order valence-corrected chi connectivity index (χ3v) is 5.44. The van der Waals surface area contributed by atoms with Gasteiger partial charge in [0.05, 0.1) is 12.7 Å².